The molecule has 0 spiro atoms. The molecule has 0 aromatic heterocycles. The van der Waals surface area contributed by atoms with E-state index in [-0.39, 0.29) is 18.7 Å². The minimum absolute atomic E-state index is 0.0980. The fourth-order valence-electron chi connectivity index (χ4n) is 2.97. The Bertz CT molecular complexity index is 982. The number of amides is 2. The zero-order valence-corrected chi connectivity index (χ0v) is 16.6. The Morgan fingerprint density at radius 1 is 1.16 bits per heavy atom. The first-order valence-corrected chi connectivity index (χ1v) is 9.39. The number of alkyl halides is 3. The monoisotopic (exact) mass is 456 g/mol. The van der Waals surface area contributed by atoms with Crippen LogP contribution in [0.5, 0.6) is 5.75 Å². The Kier molecular flexibility index (Phi) is 6.69. The number of hydrogen-bond acceptors (Lipinski definition) is 5. The molecule has 1 N–H and O–H groups in total. The smallest absolute Gasteiger partial charge is 0.455 e. The molecule has 2 aromatic rings. The third kappa shape index (κ3) is 6.11. The number of ether oxygens (including phenoxy) is 2. The second-order valence-electron chi connectivity index (χ2n) is 6.54. The Morgan fingerprint density at radius 2 is 1.87 bits per heavy atom. The van der Waals surface area contributed by atoms with E-state index >= 15 is 0 Å². The molecule has 31 heavy (non-hydrogen) atoms. The van der Waals surface area contributed by atoms with Gasteiger partial charge >= 0.3 is 12.3 Å². The summed E-state index contributed by atoms with van der Waals surface area (Å²) in [7, 11) is 0. The number of anilines is 2. The Balaban J connectivity index is 1.55. The molecule has 164 valence electrons. The number of nitrogens with zero attached hydrogens (tertiary/aromatic N) is 1. The van der Waals surface area contributed by atoms with Gasteiger partial charge in [-0.3, -0.25) is 14.4 Å². The molecule has 1 atom stereocenters. The van der Waals surface area contributed by atoms with Crippen molar-refractivity contribution in [3.05, 3.63) is 53.6 Å². The van der Waals surface area contributed by atoms with Crippen LogP contribution < -0.4 is 15.0 Å². The average molecular weight is 457 g/mol. The molecule has 1 heterocycles. The summed E-state index contributed by atoms with van der Waals surface area (Å²) in [6.45, 7) is -0.495. The molecule has 11 heteroatoms. The Labute approximate surface area is 179 Å². The van der Waals surface area contributed by atoms with Gasteiger partial charge in [-0.1, -0.05) is 17.7 Å². The second-order valence-corrected chi connectivity index (χ2v) is 6.98. The van der Waals surface area contributed by atoms with Gasteiger partial charge in [-0.05, 0) is 42.8 Å². The number of carbonyl (C=O) groups excluding carboxylic acids is 3. The molecule has 0 unspecified atom stereocenters. The predicted octanol–water partition coefficient (Wildman–Crippen LogP) is 3.77. The number of benzene rings is 2. The van der Waals surface area contributed by atoms with Crippen molar-refractivity contribution in [3.8, 4) is 5.75 Å². The lowest BCUT2D eigenvalue weighted by Crippen LogP contribution is -2.32. The normalized spacial score (nSPS) is 16.2. The van der Waals surface area contributed by atoms with Gasteiger partial charge in [0.25, 0.3) is 5.91 Å². The first-order valence-electron chi connectivity index (χ1n) is 9.01. The molecular weight excluding hydrogens is 441 g/mol. The van der Waals surface area contributed by atoms with Crippen LogP contribution in [0.15, 0.2) is 48.5 Å². The number of hydrogen-bond donors (Lipinski definition) is 1. The van der Waals surface area contributed by atoms with Crippen LogP contribution >= 0.6 is 11.6 Å². The van der Waals surface area contributed by atoms with Gasteiger partial charge < -0.3 is 19.7 Å². The molecule has 0 radical (unpaired) electrons. The van der Waals surface area contributed by atoms with Crippen molar-refractivity contribution in [3.63, 3.8) is 0 Å². The largest absolute Gasteiger partial charge is 0.573 e. The molecule has 7 nitrogen and oxygen atoms in total. The first-order chi connectivity index (χ1) is 14.6. The minimum Gasteiger partial charge on any atom is -0.455 e. The lowest BCUT2D eigenvalue weighted by Gasteiger charge is -2.18. The van der Waals surface area contributed by atoms with Crippen LogP contribution in [0.4, 0.5) is 24.5 Å². The van der Waals surface area contributed by atoms with Crippen LogP contribution in [0.1, 0.15) is 6.42 Å². The minimum atomic E-state index is -4.87. The van der Waals surface area contributed by atoms with Crippen molar-refractivity contribution in [2.24, 2.45) is 5.92 Å². The van der Waals surface area contributed by atoms with Crippen molar-refractivity contribution < 1.29 is 37.0 Å². The zero-order valence-electron chi connectivity index (χ0n) is 15.8. The molecule has 0 saturated carbocycles. The van der Waals surface area contributed by atoms with Crippen LogP contribution in [0, 0.1) is 5.92 Å². The lowest BCUT2D eigenvalue weighted by molar-refractivity contribution is -0.274. The molecular formula is C20H16ClF3N2O5. The van der Waals surface area contributed by atoms with Crippen LogP contribution in [0.25, 0.3) is 0 Å². The van der Waals surface area contributed by atoms with Gasteiger partial charge in [-0.2, -0.15) is 0 Å². The van der Waals surface area contributed by atoms with E-state index in [4.69, 9.17) is 16.3 Å². The van der Waals surface area contributed by atoms with E-state index in [0.29, 0.717) is 10.7 Å². The summed E-state index contributed by atoms with van der Waals surface area (Å²) in [6.07, 6.45) is -4.77. The molecule has 3 rings (SSSR count). The van der Waals surface area contributed by atoms with Gasteiger partial charge in [-0.25, -0.2) is 0 Å². The highest BCUT2D eigenvalue weighted by Gasteiger charge is 2.39. The standard InChI is InChI=1S/C20H16ClF3N2O5/c21-12-4-6-13(7-5-12)25-17(27)11-30-19(29)16-8-9-26(18(16)28)14-2-1-3-15(10-14)31-20(22,23)24/h1-7,10,16H,8-9,11H2,(H,25,27)/t16-/m0/s1. The predicted molar refractivity (Wildman–Crippen MR) is 105 cm³/mol. The summed E-state index contributed by atoms with van der Waals surface area (Å²) in [6, 6.07) is 11.2. The summed E-state index contributed by atoms with van der Waals surface area (Å²) in [5.41, 5.74) is 0.608. The number of nitrogens with one attached hydrogen (secondary N) is 1. The number of carbonyl (C=O) groups is 3. The highest BCUT2D eigenvalue weighted by molar-refractivity contribution is 6.30. The lowest BCUT2D eigenvalue weighted by atomic mass is 10.1. The zero-order chi connectivity index (χ0) is 22.6. The van der Waals surface area contributed by atoms with Gasteiger partial charge in [0.05, 0.1) is 0 Å². The highest BCUT2D eigenvalue weighted by Crippen LogP contribution is 2.31. The summed E-state index contributed by atoms with van der Waals surface area (Å²) in [5.74, 6) is -3.76. The average Bonchev–Trinajstić information content (AvgIpc) is 3.08. The Hall–Kier alpha value is -3.27. The van der Waals surface area contributed by atoms with E-state index in [0.717, 1.165) is 12.1 Å². The Morgan fingerprint density at radius 3 is 2.55 bits per heavy atom. The van der Waals surface area contributed by atoms with Crippen molar-refractivity contribution >= 4 is 40.8 Å². The van der Waals surface area contributed by atoms with E-state index in [9.17, 15) is 27.6 Å². The highest BCUT2D eigenvalue weighted by atomic mass is 35.5. The second kappa shape index (κ2) is 9.25. The van der Waals surface area contributed by atoms with E-state index in [1.54, 1.807) is 24.3 Å². The van der Waals surface area contributed by atoms with E-state index in [1.807, 2.05) is 0 Å². The molecule has 1 aliphatic rings. The topological polar surface area (TPSA) is 84.9 Å². The summed E-state index contributed by atoms with van der Waals surface area (Å²) in [4.78, 5) is 37.9. The quantitative estimate of drug-likeness (QED) is 0.528. The van der Waals surface area contributed by atoms with E-state index in [1.165, 1.54) is 17.0 Å². The maximum atomic E-state index is 12.6. The molecule has 1 aliphatic heterocycles. The third-order valence-electron chi connectivity index (χ3n) is 4.33. The molecule has 0 bridgehead atoms. The van der Waals surface area contributed by atoms with Crippen LogP contribution in [0.2, 0.25) is 5.02 Å². The van der Waals surface area contributed by atoms with Crippen molar-refractivity contribution in [2.75, 3.05) is 23.4 Å². The number of esters is 1. The molecule has 2 amide bonds. The van der Waals surface area contributed by atoms with Crippen molar-refractivity contribution in [1.82, 2.24) is 0 Å². The van der Waals surface area contributed by atoms with Gasteiger partial charge in [0.1, 0.15) is 11.7 Å². The molecule has 2 aromatic carbocycles. The SMILES string of the molecule is O=C(COC(=O)[C@H]1CCN(c2cccc(OC(F)(F)F)c2)C1=O)Nc1ccc(Cl)cc1. The van der Waals surface area contributed by atoms with Gasteiger partial charge in [0, 0.05) is 29.0 Å². The maximum Gasteiger partial charge on any atom is 0.573 e. The summed E-state index contributed by atoms with van der Waals surface area (Å²) < 4.78 is 46.0. The summed E-state index contributed by atoms with van der Waals surface area (Å²) >= 11 is 5.76. The fraction of sp³-hybridized carbons (Fsp3) is 0.250. The van der Waals surface area contributed by atoms with E-state index < -0.39 is 42.4 Å². The van der Waals surface area contributed by atoms with Crippen molar-refractivity contribution in [1.29, 1.82) is 0 Å². The van der Waals surface area contributed by atoms with Gasteiger partial charge in [0.2, 0.25) is 5.91 Å². The van der Waals surface area contributed by atoms with Gasteiger partial charge in [0.15, 0.2) is 6.61 Å². The van der Waals surface area contributed by atoms with E-state index in [2.05, 4.69) is 10.1 Å². The van der Waals surface area contributed by atoms with Crippen molar-refractivity contribution in [2.45, 2.75) is 12.8 Å². The third-order valence-corrected chi connectivity index (χ3v) is 4.58. The molecule has 0 aliphatic carbocycles. The number of rotatable bonds is 6. The van der Waals surface area contributed by atoms with Crippen LogP contribution in [-0.4, -0.2) is 37.3 Å². The van der Waals surface area contributed by atoms with Crippen LogP contribution in [0.3, 0.4) is 0 Å². The first kappa shape index (κ1) is 22.4. The summed E-state index contributed by atoms with van der Waals surface area (Å²) in [5, 5.41) is 3.00. The molecule has 1 fully saturated rings. The molecule has 1 saturated heterocycles. The van der Waals surface area contributed by atoms with Crippen LogP contribution in [-0.2, 0) is 19.1 Å². The van der Waals surface area contributed by atoms with Gasteiger partial charge in [-0.15, -0.1) is 13.2 Å². The number of halogens is 4. The maximum absolute atomic E-state index is 12.6. The fourth-order valence-corrected chi connectivity index (χ4v) is 3.10.